The summed E-state index contributed by atoms with van der Waals surface area (Å²) in [6.45, 7) is 6.97. The molecule has 10 heteroatoms. The van der Waals surface area contributed by atoms with Crippen LogP contribution in [-0.2, 0) is 13.1 Å². The number of hydrogen-bond donors (Lipinski definition) is 1. The third-order valence-electron chi connectivity index (χ3n) is 4.12. The Balaban J connectivity index is 0.000000960. The van der Waals surface area contributed by atoms with Crippen molar-refractivity contribution < 1.29 is 0 Å². The molecule has 4 rings (SSSR count). The summed E-state index contributed by atoms with van der Waals surface area (Å²) in [5.74, 6) is 1.91. The molecule has 0 aromatic carbocycles. The van der Waals surface area contributed by atoms with Crippen molar-refractivity contribution in [1.29, 1.82) is 0 Å². The van der Waals surface area contributed by atoms with Gasteiger partial charge in [-0.3, -0.25) is 0 Å². The van der Waals surface area contributed by atoms with E-state index in [1.54, 1.807) is 11.3 Å². The van der Waals surface area contributed by atoms with Crippen LogP contribution in [-0.4, -0.2) is 64.4 Å². The highest BCUT2D eigenvalue weighted by Gasteiger charge is 2.21. The number of piperazine rings is 1. The standard InChI is InChI=1S/C13H19N7S.2ClH/c1-18-4-6-19(7-5-18)13-15-10(9-21-13)12-17-16-11-8-14-2-3-20(11)12;;/h9,14H,2-8H2,1H3;2*1H. The van der Waals surface area contributed by atoms with Crippen LogP contribution in [0, 0.1) is 0 Å². The minimum atomic E-state index is 0. The molecule has 0 amide bonds. The maximum atomic E-state index is 4.79. The normalized spacial score (nSPS) is 18.0. The number of hydrogen-bond acceptors (Lipinski definition) is 7. The lowest BCUT2D eigenvalue weighted by Gasteiger charge is -2.32. The number of anilines is 1. The second-order valence-electron chi connectivity index (χ2n) is 5.57. The van der Waals surface area contributed by atoms with Crippen LogP contribution in [0.4, 0.5) is 5.13 Å². The van der Waals surface area contributed by atoms with E-state index in [-0.39, 0.29) is 24.8 Å². The van der Waals surface area contributed by atoms with E-state index in [0.717, 1.165) is 68.3 Å². The smallest absolute Gasteiger partial charge is 0.186 e. The van der Waals surface area contributed by atoms with Gasteiger partial charge < -0.3 is 19.7 Å². The number of nitrogens with zero attached hydrogens (tertiary/aromatic N) is 6. The van der Waals surface area contributed by atoms with Crippen LogP contribution >= 0.6 is 36.2 Å². The Hall–Kier alpha value is -0.930. The van der Waals surface area contributed by atoms with Gasteiger partial charge in [-0.15, -0.1) is 46.3 Å². The quantitative estimate of drug-likeness (QED) is 0.845. The summed E-state index contributed by atoms with van der Waals surface area (Å²) in [7, 11) is 2.17. The van der Waals surface area contributed by atoms with Gasteiger partial charge in [0.25, 0.3) is 0 Å². The van der Waals surface area contributed by atoms with Gasteiger partial charge in [0.15, 0.2) is 11.0 Å². The fourth-order valence-electron chi connectivity index (χ4n) is 2.79. The minimum absolute atomic E-state index is 0. The highest BCUT2D eigenvalue weighted by molar-refractivity contribution is 7.14. The summed E-state index contributed by atoms with van der Waals surface area (Å²) >= 11 is 1.71. The fourth-order valence-corrected chi connectivity index (χ4v) is 3.65. The predicted octanol–water partition coefficient (Wildman–Crippen LogP) is 1.10. The van der Waals surface area contributed by atoms with Gasteiger partial charge >= 0.3 is 0 Å². The van der Waals surface area contributed by atoms with Gasteiger partial charge in [-0.05, 0) is 7.05 Å². The van der Waals surface area contributed by atoms with E-state index in [4.69, 9.17) is 4.98 Å². The molecule has 2 aromatic rings. The van der Waals surface area contributed by atoms with Gasteiger partial charge in [0, 0.05) is 44.6 Å². The van der Waals surface area contributed by atoms with Gasteiger partial charge in [0.1, 0.15) is 11.5 Å². The SMILES string of the molecule is CN1CCN(c2nc(-c3nnc4n3CCNC4)cs2)CC1.Cl.Cl. The lowest BCUT2D eigenvalue weighted by Crippen LogP contribution is -2.44. The highest BCUT2D eigenvalue weighted by Crippen LogP contribution is 2.27. The molecule has 2 aliphatic rings. The summed E-state index contributed by atoms with van der Waals surface area (Å²) in [6, 6.07) is 0. The van der Waals surface area contributed by atoms with Gasteiger partial charge in [-0.1, -0.05) is 0 Å². The molecule has 0 atom stereocenters. The molecule has 23 heavy (non-hydrogen) atoms. The van der Waals surface area contributed by atoms with Gasteiger partial charge in [0.05, 0.1) is 6.54 Å². The fraction of sp³-hybridized carbons (Fsp3) is 0.615. The number of fused-ring (bicyclic) bond motifs is 1. The topological polar surface area (TPSA) is 62.1 Å². The summed E-state index contributed by atoms with van der Waals surface area (Å²) in [5, 5.41) is 15.1. The zero-order valence-electron chi connectivity index (χ0n) is 12.9. The van der Waals surface area contributed by atoms with E-state index in [9.17, 15) is 0 Å². The molecule has 0 bridgehead atoms. The van der Waals surface area contributed by atoms with Crippen LogP contribution in [0.3, 0.4) is 0 Å². The van der Waals surface area contributed by atoms with Crippen LogP contribution in [0.25, 0.3) is 11.5 Å². The molecule has 0 saturated carbocycles. The number of likely N-dealkylation sites (N-methyl/N-ethyl adjacent to an activating group) is 1. The second kappa shape index (κ2) is 7.76. The Morgan fingerprint density at radius 3 is 2.65 bits per heavy atom. The molecule has 1 fully saturated rings. The van der Waals surface area contributed by atoms with E-state index < -0.39 is 0 Å². The first kappa shape index (κ1) is 18.4. The molecule has 4 heterocycles. The molecule has 7 nitrogen and oxygen atoms in total. The van der Waals surface area contributed by atoms with Crippen LogP contribution in [0.1, 0.15) is 5.82 Å². The first-order valence-electron chi connectivity index (χ1n) is 7.33. The van der Waals surface area contributed by atoms with E-state index >= 15 is 0 Å². The molecule has 0 radical (unpaired) electrons. The molecule has 0 aliphatic carbocycles. The van der Waals surface area contributed by atoms with Gasteiger partial charge in [0.2, 0.25) is 0 Å². The third-order valence-corrected chi connectivity index (χ3v) is 5.02. The largest absolute Gasteiger partial charge is 0.346 e. The third kappa shape index (κ3) is 3.61. The van der Waals surface area contributed by atoms with Gasteiger partial charge in [-0.25, -0.2) is 4.98 Å². The second-order valence-corrected chi connectivity index (χ2v) is 6.41. The monoisotopic (exact) mass is 377 g/mol. The molecular formula is C13H21Cl2N7S. The zero-order valence-corrected chi connectivity index (χ0v) is 15.4. The molecule has 2 aromatic heterocycles. The zero-order chi connectivity index (χ0) is 14.2. The molecule has 1 saturated heterocycles. The van der Waals surface area contributed by atoms with Crippen molar-refractivity contribution >= 4 is 41.3 Å². The molecule has 0 spiro atoms. The Morgan fingerprint density at radius 2 is 1.87 bits per heavy atom. The molecule has 2 aliphatic heterocycles. The van der Waals surface area contributed by atoms with Crippen LogP contribution in [0.2, 0.25) is 0 Å². The maximum Gasteiger partial charge on any atom is 0.186 e. The number of aromatic nitrogens is 4. The van der Waals surface area contributed by atoms with Crippen molar-refractivity contribution in [2.24, 2.45) is 0 Å². The van der Waals surface area contributed by atoms with E-state index in [1.807, 2.05) is 0 Å². The molecular weight excluding hydrogens is 357 g/mol. The van der Waals surface area contributed by atoms with Crippen LogP contribution in [0.15, 0.2) is 5.38 Å². The van der Waals surface area contributed by atoms with E-state index in [2.05, 4.69) is 42.3 Å². The molecule has 128 valence electrons. The Kier molecular flexibility index (Phi) is 6.21. The number of halogens is 2. The van der Waals surface area contributed by atoms with Crippen molar-refractivity contribution in [2.75, 3.05) is 44.7 Å². The van der Waals surface area contributed by atoms with Crippen LogP contribution < -0.4 is 10.2 Å². The first-order valence-corrected chi connectivity index (χ1v) is 8.21. The predicted molar refractivity (Wildman–Crippen MR) is 97.0 cm³/mol. The Morgan fingerprint density at radius 1 is 1.09 bits per heavy atom. The average Bonchev–Trinajstić information content (AvgIpc) is 3.14. The first-order chi connectivity index (χ1) is 10.3. The Labute approximate surface area is 151 Å². The lowest BCUT2D eigenvalue weighted by molar-refractivity contribution is 0.313. The summed E-state index contributed by atoms with van der Waals surface area (Å²) in [5.41, 5.74) is 0.953. The van der Waals surface area contributed by atoms with Crippen molar-refractivity contribution in [2.45, 2.75) is 13.1 Å². The maximum absolute atomic E-state index is 4.79. The average molecular weight is 378 g/mol. The highest BCUT2D eigenvalue weighted by atomic mass is 35.5. The summed E-state index contributed by atoms with van der Waals surface area (Å²) in [4.78, 5) is 9.51. The van der Waals surface area contributed by atoms with E-state index in [0.29, 0.717) is 0 Å². The van der Waals surface area contributed by atoms with Crippen molar-refractivity contribution in [1.82, 2.24) is 30.0 Å². The summed E-state index contributed by atoms with van der Waals surface area (Å²) < 4.78 is 2.18. The number of rotatable bonds is 2. The number of nitrogens with one attached hydrogen (secondary N) is 1. The summed E-state index contributed by atoms with van der Waals surface area (Å²) in [6.07, 6.45) is 0. The Bertz CT molecular complexity index is 636. The lowest BCUT2D eigenvalue weighted by atomic mass is 10.3. The van der Waals surface area contributed by atoms with Crippen LogP contribution in [0.5, 0.6) is 0 Å². The molecule has 1 N–H and O–H groups in total. The van der Waals surface area contributed by atoms with Gasteiger partial charge in [-0.2, -0.15) is 0 Å². The minimum Gasteiger partial charge on any atom is -0.346 e. The molecule has 0 unspecified atom stereocenters. The van der Waals surface area contributed by atoms with Crippen molar-refractivity contribution in [3.05, 3.63) is 11.2 Å². The van der Waals surface area contributed by atoms with Crippen molar-refractivity contribution in [3.63, 3.8) is 0 Å². The number of thiazole rings is 1. The van der Waals surface area contributed by atoms with E-state index in [1.165, 1.54) is 0 Å². The van der Waals surface area contributed by atoms with Crippen molar-refractivity contribution in [3.8, 4) is 11.5 Å².